The van der Waals surface area contributed by atoms with Crippen molar-refractivity contribution in [2.75, 3.05) is 40.3 Å². The van der Waals surface area contributed by atoms with Gasteiger partial charge in [-0.1, -0.05) is 18.2 Å². The summed E-state index contributed by atoms with van der Waals surface area (Å²) < 4.78 is 11.0. The van der Waals surface area contributed by atoms with Crippen LogP contribution in [-0.2, 0) is 11.2 Å². The van der Waals surface area contributed by atoms with E-state index in [1.54, 1.807) is 20.4 Å². The number of nitrogens with zero attached hydrogens (tertiary/aromatic N) is 2. The molecule has 2 aromatic rings. The van der Waals surface area contributed by atoms with E-state index in [1.807, 2.05) is 42.5 Å². The van der Waals surface area contributed by atoms with E-state index in [4.69, 9.17) is 9.15 Å². The van der Waals surface area contributed by atoms with Crippen LogP contribution in [0, 0.1) is 0 Å². The van der Waals surface area contributed by atoms with Gasteiger partial charge in [-0.2, -0.15) is 0 Å². The number of carbonyl (C=O) groups excluding carboxylic acids is 1. The van der Waals surface area contributed by atoms with Crippen molar-refractivity contribution < 1.29 is 13.9 Å². The molecule has 0 atom stereocenters. The van der Waals surface area contributed by atoms with Crippen LogP contribution in [-0.4, -0.2) is 57.1 Å². The molecule has 0 bridgehead atoms. The molecule has 0 spiro atoms. The van der Waals surface area contributed by atoms with Crippen molar-refractivity contribution in [3.63, 3.8) is 0 Å². The van der Waals surface area contributed by atoms with Gasteiger partial charge in [0.2, 0.25) is 5.91 Å². The summed E-state index contributed by atoms with van der Waals surface area (Å²) in [4.78, 5) is 17.6. The summed E-state index contributed by atoms with van der Waals surface area (Å²) in [6.07, 6.45) is 2.38. The Balaban J connectivity index is 1.78. The van der Waals surface area contributed by atoms with Crippen LogP contribution in [0.25, 0.3) is 0 Å². The van der Waals surface area contributed by atoms with Gasteiger partial charge in [-0.3, -0.25) is 4.79 Å². The van der Waals surface area contributed by atoms with Gasteiger partial charge in [-0.05, 0) is 24.3 Å². The standard InChI is InChI=1S/C19H26N4O3/c1-23(2)18(24)15-22-19(20-11-10-17-9-6-13-25-17)21-12-14-26-16-7-4-3-5-8-16/h3-9,13H,10-12,14-15H2,1-2H3,(H2,20,21,22). The lowest BCUT2D eigenvalue weighted by molar-refractivity contribution is -0.127. The van der Waals surface area contributed by atoms with Gasteiger partial charge >= 0.3 is 0 Å². The minimum absolute atomic E-state index is 0.0577. The van der Waals surface area contributed by atoms with E-state index < -0.39 is 0 Å². The summed E-state index contributed by atoms with van der Waals surface area (Å²) in [5.74, 6) is 2.23. The number of nitrogens with one attached hydrogen (secondary N) is 2. The van der Waals surface area contributed by atoms with Gasteiger partial charge in [-0.25, -0.2) is 4.99 Å². The summed E-state index contributed by atoms with van der Waals surface area (Å²) in [7, 11) is 3.42. The Morgan fingerprint density at radius 3 is 2.58 bits per heavy atom. The van der Waals surface area contributed by atoms with E-state index >= 15 is 0 Å². The molecule has 2 rings (SSSR count). The van der Waals surface area contributed by atoms with Crippen LogP contribution >= 0.6 is 0 Å². The van der Waals surface area contributed by atoms with E-state index in [2.05, 4.69) is 15.6 Å². The summed E-state index contributed by atoms with van der Waals surface area (Å²) in [6, 6.07) is 13.4. The molecular weight excluding hydrogens is 332 g/mol. The Hall–Kier alpha value is -2.96. The monoisotopic (exact) mass is 358 g/mol. The van der Waals surface area contributed by atoms with Crippen LogP contribution in [0.15, 0.2) is 58.1 Å². The minimum Gasteiger partial charge on any atom is -0.492 e. The summed E-state index contributed by atoms with van der Waals surface area (Å²) in [5.41, 5.74) is 0. The molecule has 140 valence electrons. The lowest BCUT2D eigenvalue weighted by Gasteiger charge is -2.14. The van der Waals surface area contributed by atoms with Crippen molar-refractivity contribution >= 4 is 11.9 Å². The second-order valence-electron chi connectivity index (χ2n) is 5.80. The van der Waals surface area contributed by atoms with Gasteiger partial charge in [0.25, 0.3) is 0 Å². The molecule has 0 fully saturated rings. The molecule has 26 heavy (non-hydrogen) atoms. The smallest absolute Gasteiger partial charge is 0.243 e. The molecule has 1 heterocycles. The lowest BCUT2D eigenvalue weighted by atomic mass is 10.3. The summed E-state index contributed by atoms with van der Waals surface area (Å²) in [6.45, 7) is 1.79. The highest BCUT2D eigenvalue weighted by molar-refractivity contribution is 5.84. The molecule has 1 aromatic carbocycles. The summed E-state index contributed by atoms with van der Waals surface area (Å²) in [5, 5.41) is 6.38. The van der Waals surface area contributed by atoms with Crippen LogP contribution in [0.5, 0.6) is 5.75 Å². The number of guanidine groups is 1. The highest BCUT2D eigenvalue weighted by Crippen LogP contribution is 2.07. The number of ether oxygens (including phenoxy) is 1. The number of hydrogen-bond acceptors (Lipinski definition) is 4. The largest absolute Gasteiger partial charge is 0.492 e. The van der Waals surface area contributed by atoms with Crippen molar-refractivity contribution in [2.24, 2.45) is 4.99 Å². The number of likely N-dealkylation sites (N-methyl/N-ethyl adjacent to an activating group) is 1. The molecule has 0 radical (unpaired) electrons. The predicted molar refractivity (Wildman–Crippen MR) is 101 cm³/mol. The first kappa shape index (κ1) is 19.4. The molecule has 0 aliphatic carbocycles. The molecular formula is C19H26N4O3. The van der Waals surface area contributed by atoms with Gasteiger partial charge in [0.05, 0.1) is 12.8 Å². The van der Waals surface area contributed by atoms with Crippen LogP contribution in [0.4, 0.5) is 0 Å². The fraction of sp³-hybridized carbons (Fsp3) is 0.368. The molecule has 0 saturated heterocycles. The first-order valence-electron chi connectivity index (χ1n) is 8.57. The van der Waals surface area contributed by atoms with Crippen molar-refractivity contribution in [1.82, 2.24) is 15.5 Å². The first-order chi connectivity index (χ1) is 12.6. The molecule has 0 aliphatic rings. The van der Waals surface area contributed by atoms with Crippen molar-refractivity contribution in [1.29, 1.82) is 0 Å². The number of amides is 1. The second-order valence-corrected chi connectivity index (χ2v) is 5.80. The highest BCUT2D eigenvalue weighted by atomic mass is 16.5. The number of benzene rings is 1. The third-order valence-corrected chi connectivity index (χ3v) is 3.52. The fourth-order valence-electron chi connectivity index (χ4n) is 2.08. The maximum Gasteiger partial charge on any atom is 0.243 e. The van der Waals surface area contributed by atoms with E-state index in [1.165, 1.54) is 4.90 Å². The molecule has 0 aliphatic heterocycles. The number of carbonyl (C=O) groups is 1. The fourth-order valence-corrected chi connectivity index (χ4v) is 2.08. The molecule has 1 amide bonds. The van der Waals surface area contributed by atoms with Gasteiger partial charge < -0.3 is 24.7 Å². The molecule has 1 aromatic heterocycles. The zero-order chi connectivity index (χ0) is 18.6. The number of rotatable bonds is 9. The zero-order valence-electron chi connectivity index (χ0n) is 15.3. The Bertz CT molecular complexity index is 669. The van der Waals surface area contributed by atoms with E-state index in [0.717, 1.165) is 17.9 Å². The minimum atomic E-state index is -0.0577. The van der Waals surface area contributed by atoms with Crippen LogP contribution < -0.4 is 15.4 Å². The average molecular weight is 358 g/mol. The molecule has 7 heteroatoms. The van der Waals surface area contributed by atoms with E-state index in [0.29, 0.717) is 25.7 Å². The maximum atomic E-state index is 11.7. The van der Waals surface area contributed by atoms with E-state index in [-0.39, 0.29) is 12.5 Å². The number of para-hydroxylation sites is 1. The average Bonchev–Trinajstić information content (AvgIpc) is 3.16. The SMILES string of the molecule is CN(C)C(=O)CN=C(NCCOc1ccccc1)NCCc1ccco1. The van der Waals surface area contributed by atoms with Gasteiger partial charge in [-0.15, -0.1) is 0 Å². The predicted octanol–water partition coefficient (Wildman–Crippen LogP) is 1.52. The van der Waals surface area contributed by atoms with Crippen molar-refractivity contribution in [3.8, 4) is 5.75 Å². The lowest BCUT2D eigenvalue weighted by Crippen LogP contribution is -2.41. The van der Waals surface area contributed by atoms with Crippen molar-refractivity contribution in [3.05, 3.63) is 54.5 Å². The zero-order valence-corrected chi connectivity index (χ0v) is 15.3. The second kappa shape index (κ2) is 10.8. The number of hydrogen-bond donors (Lipinski definition) is 2. The van der Waals surface area contributed by atoms with Gasteiger partial charge in [0, 0.05) is 27.1 Å². The Labute approximate surface area is 154 Å². The topological polar surface area (TPSA) is 79.1 Å². The molecule has 7 nitrogen and oxygen atoms in total. The third-order valence-electron chi connectivity index (χ3n) is 3.52. The highest BCUT2D eigenvalue weighted by Gasteiger charge is 2.05. The molecule has 0 unspecified atom stereocenters. The van der Waals surface area contributed by atoms with Crippen LogP contribution in [0.2, 0.25) is 0 Å². The number of aliphatic imine (C=N–C) groups is 1. The maximum absolute atomic E-state index is 11.7. The van der Waals surface area contributed by atoms with E-state index in [9.17, 15) is 4.79 Å². The Morgan fingerprint density at radius 2 is 1.88 bits per heavy atom. The molecule has 0 saturated carbocycles. The van der Waals surface area contributed by atoms with Gasteiger partial charge in [0.15, 0.2) is 5.96 Å². The normalized spacial score (nSPS) is 11.1. The van der Waals surface area contributed by atoms with Gasteiger partial charge in [0.1, 0.15) is 24.7 Å². The number of furan rings is 1. The van der Waals surface area contributed by atoms with Crippen LogP contribution in [0.1, 0.15) is 5.76 Å². The Morgan fingerprint density at radius 1 is 1.12 bits per heavy atom. The van der Waals surface area contributed by atoms with Crippen molar-refractivity contribution in [2.45, 2.75) is 6.42 Å². The molecule has 2 N–H and O–H groups in total. The first-order valence-corrected chi connectivity index (χ1v) is 8.57. The summed E-state index contributed by atoms with van der Waals surface area (Å²) >= 11 is 0. The quantitative estimate of drug-likeness (QED) is 0.404. The third kappa shape index (κ3) is 7.29. The Kier molecular flexibility index (Phi) is 8.05. The van der Waals surface area contributed by atoms with Crippen LogP contribution in [0.3, 0.4) is 0 Å².